The molecule has 2 aromatic heterocycles. The number of thiophene rings is 2. The SMILES string of the molecule is C[C@@H]1CN(C(=O)c2cccs2)[C@H](C)CN1C(=O)c1cccs1. The zero-order chi connectivity index (χ0) is 15.7. The first-order chi connectivity index (χ1) is 10.6. The molecule has 22 heavy (non-hydrogen) atoms. The van der Waals surface area contributed by atoms with Crippen LogP contribution in [0.25, 0.3) is 0 Å². The zero-order valence-corrected chi connectivity index (χ0v) is 14.2. The largest absolute Gasteiger partial charge is 0.331 e. The van der Waals surface area contributed by atoms with Crippen molar-refractivity contribution >= 4 is 34.5 Å². The van der Waals surface area contributed by atoms with Gasteiger partial charge in [0.05, 0.1) is 9.75 Å². The Morgan fingerprint density at radius 2 is 1.32 bits per heavy atom. The molecule has 1 aliphatic rings. The molecule has 3 rings (SSSR count). The van der Waals surface area contributed by atoms with Crippen LogP contribution < -0.4 is 0 Å². The molecule has 2 amide bonds. The highest BCUT2D eigenvalue weighted by molar-refractivity contribution is 7.12. The summed E-state index contributed by atoms with van der Waals surface area (Å²) >= 11 is 2.93. The minimum absolute atomic E-state index is 0.0229. The normalized spacial score (nSPS) is 21.9. The van der Waals surface area contributed by atoms with Crippen LogP contribution >= 0.6 is 22.7 Å². The average Bonchev–Trinajstić information content (AvgIpc) is 3.20. The van der Waals surface area contributed by atoms with Crippen molar-refractivity contribution in [1.29, 1.82) is 0 Å². The number of nitrogens with zero attached hydrogens (tertiary/aromatic N) is 2. The van der Waals surface area contributed by atoms with Crippen molar-refractivity contribution in [3.63, 3.8) is 0 Å². The molecule has 1 saturated heterocycles. The van der Waals surface area contributed by atoms with Gasteiger partial charge in [0.25, 0.3) is 11.8 Å². The van der Waals surface area contributed by atoms with Crippen LogP contribution in [0.2, 0.25) is 0 Å². The molecule has 0 N–H and O–H groups in total. The molecule has 3 heterocycles. The minimum atomic E-state index is 0.0229. The lowest BCUT2D eigenvalue weighted by Crippen LogP contribution is -2.59. The molecule has 0 saturated carbocycles. The first kappa shape index (κ1) is 15.2. The van der Waals surface area contributed by atoms with Crippen molar-refractivity contribution in [3.05, 3.63) is 44.8 Å². The topological polar surface area (TPSA) is 40.6 Å². The van der Waals surface area contributed by atoms with E-state index in [9.17, 15) is 9.59 Å². The molecule has 116 valence electrons. The molecule has 1 fully saturated rings. The number of carbonyl (C=O) groups is 2. The maximum Gasteiger partial charge on any atom is 0.264 e. The first-order valence-electron chi connectivity index (χ1n) is 7.27. The molecule has 0 aromatic carbocycles. The van der Waals surface area contributed by atoms with Crippen LogP contribution in [0, 0.1) is 0 Å². The minimum Gasteiger partial charge on any atom is -0.331 e. The first-order valence-corrected chi connectivity index (χ1v) is 9.03. The van der Waals surface area contributed by atoms with Gasteiger partial charge in [-0.15, -0.1) is 22.7 Å². The Bertz CT molecular complexity index is 594. The van der Waals surface area contributed by atoms with Crippen molar-refractivity contribution in [3.8, 4) is 0 Å². The molecule has 4 nitrogen and oxygen atoms in total. The van der Waals surface area contributed by atoms with Crippen molar-refractivity contribution in [2.45, 2.75) is 25.9 Å². The van der Waals surface area contributed by atoms with Crippen molar-refractivity contribution in [1.82, 2.24) is 9.80 Å². The van der Waals surface area contributed by atoms with Crippen LogP contribution in [0.5, 0.6) is 0 Å². The van der Waals surface area contributed by atoms with E-state index in [4.69, 9.17) is 0 Å². The second kappa shape index (κ2) is 6.22. The fraction of sp³-hybridized carbons (Fsp3) is 0.375. The Balaban J connectivity index is 1.74. The molecule has 0 bridgehead atoms. The number of carbonyl (C=O) groups excluding carboxylic acids is 2. The third kappa shape index (κ3) is 2.80. The molecule has 0 radical (unpaired) electrons. The summed E-state index contributed by atoms with van der Waals surface area (Å²) in [5, 5.41) is 3.83. The molecular formula is C16H18N2O2S2. The van der Waals surface area contributed by atoms with Crippen LogP contribution in [-0.2, 0) is 0 Å². The molecule has 0 aliphatic carbocycles. The Morgan fingerprint density at radius 1 is 0.909 bits per heavy atom. The Kier molecular flexibility index (Phi) is 4.31. The smallest absolute Gasteiger partial charge is 0.264 e. The highest BCUT2D eigenvalue weighted by Crippen LogP contribution is 2.23. The Morgan fingerprint density at radius 3 is 1.64 bits per heavy atom. The highest BCUT2D eigenvalue weighted by Gasteiger charge is 2.35. The van der Waals surface area contributed by atoms with Gasteiger partial charge in [0.15, 0.2) is 0 Å². The quantitative estimate of drug-likeness (QED) is 0.846. The molecule has 2 aromatic rings. The highest BCUT2D eigenvalue weighted by atomic mass is 32.1. The van der Waals surface area contributed by atoms with E-state index in [1.807, 2.05) is 58.7 Å². The summed E-state index contributed by atoms with van der Waals surface area (Å²) in [6.45, 7) is 5.17. The Hall–Kier alpha value is -1.66. The third-order valence-electron chi connectivity index (χ3n) is 3.97. The van der Waals surface area contributed by atoms with Crippen molar-refractivity contribution in [2.75, 3.05) is 13.1 Å². The van der Waals surface area contributed by atoms with E-state index >= 15 is 0 Å². The maximum absolute atomic E-state index is 12.6. The Labute approximate surface area is 138 Å². The zero-order valence-electron chi connectivity index (χ0n) is 12.6. The van der Waals surface area contributed by atoms with Gasteiger partial charge >= 0.3 is 0 Å². The van der Waals surface area contributed by atoms with E-state index in [1.165, 1.54) is 22.7 Å². The number of amides is 2. The molecular weight excluding hydrogens is 316 g/mol. The predicted molar refractivity (Wildman–Crippen MR) is 89.6 cm³/mol. The summed E-state index contributed by atoms with van der Waals surface area (Å²) in [6.07, 6.45) is 0. The molecule has 0 spiro atoms. The predicted octanol–water partition coefficient (Wildman–Crippen LogP) is 3.18. The van der Waals surface area contributed by atoms with Gasteiger partial charge in [-0.3, -0.25) is 9.59 Å². The van der Waals surface area contributed by atoms with E-state index < -0.39 is 0 Å². The van der Waals surface area contributed by atoms with E-state index in [0.717, 1.165) is 9.75 Å². The lowest BCUT2D eigenvalue weighted by Gasteiger charge is -2.43. The summed E-state index contributed by atoms with van der Waals surface area (Å²) in [6, 6.07) is 7.54. The van der Waals surface area contributed by atoms with E-state index in [0.29, 0.717) is 13.1 Å². The van der Waals surface area contributed by atoms with Crippen LogP contribution in [0.15, 0.2) is 35.0 Å². The second-order valence-corrected chi connectivity index (χ2v) is 7.46. The standard InChI is InChI=1S/C16H18N2O2S2/c1-11-9-18(16(20)14-6-4-8-22-14)12(2)10-17(11)15(19)13-5-3-7-21-13/h3-8,11-12H,9-10H2,1-2H3/t11-,12-/m1/s1. The van der Waals surface area contributed by atoms with Gasteiger partial charge in [0.2, 0.25) is 0 Å². The maximum atomic E-state index is 12.6. The third-order valence-corrected chi connectivity index (χ3v) is 5.69. The lowest BCUT2D eigenvalue weighted by atomic mass is 10.1. The van der Waals surface area contributed by atoms with Gasteiger partial charge in [-0.05, 0) is 36.7 Å². The average molecular weight is 334 g/mol. The van der Waals surface area contributed by atoms with Crippen LogP contribution in [-0.4, -0.2) is 46.8 Å². The van der Waals surface area contributed by atoms with Crippen molar-refractivity contribution < 1.29 is 9.59 Å². The van der Waals surface area contributed by atoms with Crippen molar-refractivity contribution in [2.24, 2.45) is 0 Å². The lowest BCUT2D eigenvalue weighted by molar-refractivity contribution is 0.0275. The van der Waals surface area contributed by atoms with Gasteiger partial charge < -0.3 is 9.80 Å². The van der Waals surface area contributed by atoms with Gasteiger partial charge in [0, 0.05) is 25.2 Å². The fourth-order valence-corrected chi connectivity index (χ4v) is 4.13. The van der Waals surface area contributed by atoms with E-state index in [-0.39, 0.29) is 23.9 Å². The van der Waals surface area contributed by atoms with Gasteiger partial charge in [-0.2, -0.15) is 0 Å². The molecule has 1 aliphatic heterocycles. The number of rotatable bonds is 2. The molecule has 6 heteroatoms. The second-order valence-electron chi connectivity index (χ2n) is 5.57. The number of hydrogen-bond acceptors (Lipinski definition) is 4. The van der Waals surface area contributed by atoms with E-state index in [2.05, 4.69) is 0 Å². The fourth-order valence-electron chi connectivity index (χ4n) is 2.78. The summed E-state index contributed by atoms with van der Waals surface area (Å²) in [4.78, 5) is 30.4. The number of hydrogen-bond donors (Lipinski definition) is 0. The summed E-state index contributed by atoms with van der Waals surface area (Å²) in [5.74, 6) is 0.134. The molecule has 2 atom stereocenters. The van der Waals surface area contributed by atoms with Gasteiger partial charge in [0.1, 0.15) is 0 Å². The monoisotopic (exact) mass is 334 g/mol. The summed E-state index contributed by atoms with van der Waals surface area (Å²) in [5.41, 5.74) is 0. The summed E-state index contributed by atoms with van der Waals surface area (Å²) < 4.78 is 0. The van der Waals surface area contributed by atoms with Gasteiger partial charge in [-0.25, -0.2) is 0 Å². The summed E-state index contributed by atoms with van der Waals surface area (Å²) in [7, 11) is 0. The van der Waals surface area contributed by atoms with E-state index in [1.54, 1.807) is 0 Å². The van der Waals surface area contributed by atoms with Crippen LogP contribution in [0.1, 0.15) is 33.2 Å². The van der Waals surface area contributed by atoms with Gasteiger partial charge in [-0.1, -0.05) is 12.1 Å². The number of piperazine rings is 1. The van der Waals surface area contributed by atoms with Crippen LogP contribution in [0.3, 0.4) is 0 Å². The van der Waals surface area contributed by atoms with Crippen LogP contribution in [0.4, 0.5) is 0 Å². The molecule has 0 unspecified atom stereocenters.